The highest BCUT2D eigenvalue weighted by Gasteiger charge is 2.20. The predicted octanol–water partition coefficient (Wildman–Crippen LogP) is 2.53. The second kappa shape index (κ2) is 5.49. The lowest BCUT2D eigenvalue weighted by atomic mass is 10.2. The minimum absolute atomic E-state index is 0.330. The number of hydrogen-bond donors (Lipinski definition) is 1. The zero-order chi connectivity index (χ0) is 13.9. The Kier molecular flexibility index (Phi) is 4.48. The van der Waals surface area contributed by atoms with Gasteiger partial charge in [0.25, 0.3) is 0 Å². The highest BCUT2D eigenvalue weighted by molar-refractivity contribution is 7.91. The van der Waals surface area contributed by atoms with E-state index in [0.717, 1.165) is 6.07 Å². The Balaban J connectivity index is 3.40. The molecule has 0 unspecified atom stereocenters. The maximum Gasteiger partial charge on any atom is 0.337 e. The molecule has 0 radical (unpaired) electrons. The second-order valence-electron chi connectivity index (χ2n) is 3.42. The van der Waals surface area contributed by atoms with E-state index in [-0.39, 0.29) is 5.75 Å². The quantitative estimate of drug-likeness (QED) is 0.866. The first-order valence-corrected chi connectivity index (χ1v) is 6.89. The number of carboxylic acids is 1. The van der Waals surface area contributed by atoms with Crippen LogP contribution in [-0.4, -0.2) is 25.2 Å². The molecule has 4 nitrogen and oxygen atoms in total. The summed E-state index contributed by atoms with van der Waals surface area (Å²) in [5, 5.41) is 8.19. The molecule has 0 bridgehead atoms. The molecule has 0 amide bonds. The van der Waals surface area contributed by atoms with Crippen LogP contribution in [0.15, 0.2) is 29.2 Å². The van der Waals surface area contributed by atoms with Gasteiger partial charge in [-0.15, -0.1) is 0 Å². The second-order valence-corrected chi connectivity index (χ2v) is 5.83. The summed E-state index contributed by atoms with van der Waals surface area (Å²) in [6.07, 6.45) is 2.91. The molecule has 0 aliphatic carbocycles. The number of allylic oxidation sites excluding steroid dienone is 1. The molecule has 1 N–H and O–H groups in total. The Morgan fingerprint density at radius 1 is 1.50 bits per heavy atom. The van der Waals surface area contributed by atoms with Crippen LogP contribution in [0.2, 0.25) is 5.02 Å². The molecule has 0 aliphatic heterocycles. The van der Waals surface area contributed by atoms with Crippen molar-refractivity contribution in [2.75, 3.05) is 5.75 Å². The van der Waals surface area contributed by atoms with Crippen molar-refractivity contribution in [2.24, 2.45) is 0 Å². The van der Waals surface area contributed by atoms with Crippen molar-refractivity contribution in [2.45, 2.75) is 11.8 Å². The highest BCUT2D eigenvalue weighted by Crippen LogP contribution is 2.25. The minimum Gasteiger partial charge on any atom is -0.478 e. The van der Waals surface area contributed by atoms with E-state index < -0.39 is 37.1 Å². The van der Waals surface area contributed by atoms with Crippen molar-refractivity contribution in [3.63, 3.8) is 0 Å². The van der Waals surface area contributed by atoms with Gasteiger partial charge in [-0.2, -0.15) is 0 Å². The molecule has 1 rings (SSSR count). The fourth-order valence-corrected chi connectivity index (χ4v) is 2.63. The molecular weight excluding hydrogens is 283 g/mol. The maximum atomic E-state index is 13.4. The van der Waals surface area contributed by atoms with E-state index in [1.807, 2.05) is 0 Å². The first-order valence-electron chi connectivity index (χ1n) is 4.86. The Hall–Kier alpha value is -1.40. The van der Waals surface area contributed by atoms with Crippen LogP contribution >= 0.6 is 11.6 Å². The summed E-state index contributed by atoms with van der Waals surface area (Å²) in [5.41, 5.74) is -0.573. The molecule has 0 saturated heterocycles. The fraction of sp³-hybridized carbons (Fsp3) is 0.182. The van der Waals surface area contributed by atoms with Crippen molar-refractivity contribution in [3.8, 4) is 0 Å². The lowest BCUT2D eigenvalue weighted by molar-refractivity contribution is 0.0696. The molecule has 1 aromatic carbocycles. The Morgan fingerprint density at radius 3 is 2.61 bits per heavy atom. The van der Waals surface area contributed by atoms with Gasteiger partial charge < -0.3 is 5.11 Å². The third-order valence-electron chi connectivity index (χ3n) is 2.14. The summed E-state index contributed by atoms with van der Waals surface area (Å²) in [4.78, 5) is 10.4. The molecule has 98 valence electrons. The van der Waals surface area contributed by atoms with Gasteiger partial charge in [0, 0.05) is 0 Å². The number of carbonyl (C=O) groups is 1. The van der Waals surface area contributed by atoms with Crippen LogP contribution in [0.25, 0.3) is 0 Å². The fourth-order valence-electron chi connectivity index (χ4n) is 1.22. The lowest BCUT2D eigenvalue weighted by Gasteiger charge is -2.06. The zero-order valence-corrected chi connectivity index (χ0v) is 10.9. The number of aromatic carboxylic acids is 1. The first-order chi connectivity index (χ1) is 8.29. The Morgan fingerprint density at radius 2 is 2.11 bits per heavy atom. The molecule has 0 aliphatic rings. The van der Waals surface area contributed by atoms with Gasteiger partial charge in [-0.05, 0) is 19.1 Å². The van der Waals surface area contributed by atoms with E-state index in [1.165, 1.54) is 12.2 Å². The third-order valence-corrected chi connectivity index (χ3v) is 4.11. The number of benzene rings is 1. The predicted molar refractivity (Wildman–Crippen MR) is 65.2 cm³/mol. The standard InChI is InChI=1S/C11H10ClFO4S/c1-2-3-4-18(16,17)7-5-8(11(14)15)10(12)9(13)6-7/h2-3,5-6H,4H2,1H3,(H,14,15)/b3-2+. The van der Waals surface area contributed by atoms with E-state index in [2.05, 4.69) is 0 Å². The van der Waals surface area contributed by atoms with E-state index >= 15 is 0 Å². The smallest absolute Gasteiger partial charge is 0.337 e. The number of halogens is 2. The van der Waals surface area contributed by atoms with Crippen molar-refractivity contribution in [1.29, 1.82) is 0 Å². The molecule has 7 heteroatoms. The van der Waals surface area contributed by atoms with Gasteiger partial charge in [0.2, 0.25) is 0 Å². The average molecular weight is 293 g/mol. The molecule has 0 fully saturated rings. The third kappa shape index (κ3) is 3.08. The van der Waals surface area contributed by atoms with Crippen molar-refractivity contribution >= 4 is 27.4 Å². The summed E-state index contributed by atoms with van der Waals surface area (Å²) in [6.45, 7) is 1.64. The minimum atomic E-state index is -3.77. The van der Waals surface area contributed by atoms with Gasteiger partial charge in [0.15, 0.2) is 9.84 Å². The van der Waals surface area contributed by atoms with Gasteiger partial charge >= 0.3 is 5.97 Å². The van der Waals surface area contributed by atoms with Crippen LogP contribution in [0.3, 0.4) is 0 Å². The molecule has 18 heavy (non-hydrogen) atoms. The van der Waals surface area contributed by atoms with Crippen LogP contribution in [0.1, 0.15) is 17.3 Å². The van der Waals surface area contributed by atoms with Crippen LogP contribution < -0.4 is 0 Å². The Labute approximate surface area is 109 Å². The largest absolute Gasteiger partial charge is 0.478 e. The van der Waals surface area contributed by atoms with Crippen molar-refractivity contribution in [1.82, 2.24) is 0 Å². The number of hydrogen-bond acceptors (Lipinski definition) is 3. The van der Waals surface area contributed by atoms with Crippen LogP contribution in [0.5, 0.6) is 0 Å². The van der Waals surface area contributed by atoms with E-state index in [1.54, 1.807) is 6.92 Å². The number of carboxylic acid groups (broad SMARTS) is 1. The van der Waals surface area contributed by atoms with Gasteiger partial charge in [-0.25, -0.2) is 17.6 Å². The molecule has 0 saturated carbocycles. The maximum absolute atomic E-state index is 13.4. The van der Waals surface area contributed by atoms with Crippen LogP contribution in [0.4, 0.5) is 4.39 Å². The van der Waals surface area contributed by atoms with Gasteiger partial charge in [0.1, 0.15) is 5.82 Å². The zero-order valence-electron chi connectivity index (χ0n) is 9.35. The lowest BCUT2D eigenvalue weighted by Crippen LogP contribution is -2.08. The highest BCUT2D eigenvalue weighted by atomic mass is 35.5. The van der Waals surface area contributed by atoms with Crippen LogP contribution in [-0.2, 0) is 9.84 Å². The van der Waals surface area contributed by atoms with E-state index in [9.17, 15) is 17.6 Å². The van der Waals surface area contributed by atoms with Gasteiger partial charge in [-0.1, -0.05) is 23.8 Å². The van der Waals surface area contributed by atoms with E-state index in [0.29, 0.717) is 6.07 Å². The van der Waals surface area contributed by atoms with Gasteiger partial charge in [-0.3, -0.25) is 0 Å². The summed E-state index contributed by atoms with van der Waals surface area (Å²) < 4.78 is 36.9. The summed E-state index contributed by atoms with van der Waals surface area (Å²) >= 11 is 5.45. The first kappa shape index (κ1) is 14.7. The monoisotopic (exact) mass is 292 g/mol. The van der Waals surface area contributed by atoms with Crippen molar-refractivity contribution < 1.29 is 22.7 Å². The summed E-state index contributed by atoms with van der Waals surface area (Å²) in [7, 11) is -3.77. The summed E-state index contributed by atoms with van der Waals surface area (Å²) in [5.74, 6) is -2.89. The Bertz CT molecular complexity index is 608. The average Bonchev–Trinajstić information content (AvgIpc) is 2.29. The molecular formula is C11H10ClFO4S. The summed E-state index contributed by atoms with van der Waals surface area (Å²) in [6, 6.07) is 1.57. The number of rotatable bonds is 4. The van der Waals surface area contributed by atoms with E-state index in [4.69, 9.17) is 16.7 Å². The SMILES string of the molecule is C/C=C/CS(=O)(=O)c1cc(F)c(Cl)c(C(=O)O)c1. The van der Waals surface area contributed by atoms with Crippen molar-refractivity contribution in [3.05, 3.63) is 40.7 Å². The molecule has 0 aromatic heterocycles. The normalized spacial score (nSPS) is 11.9. The number of sulfone groups is 1. The molecule has 0 heterocycles. The van der Waals surface area contributed by atoms with Gasteiger partial charge in [0.05, 0.1) is 21.2 Å². The topological polar surface area (TPSA) is 71.4 Å². The van der Waals surface area contributed by atoms with Crippen LogP contribution in [0, 0.1) is 5.82 Å². The molecule has 0 spiro atoms. The molecule has 0 atom stereocenters. The molecule has 1 aromatic rings.